The summed E-state index contributed by atoms with van der Waals surface area (Å²) >= 11 is 0. The Labute approximate surface area is 75.2 Å². The Morgan fingerprint density at radius 2 is 1.62 bits per heavy atom. The zero-order valence-electron chi connectivity index (χ0n) is 7.60. The lowest BCUT2D eigenvalue weighted by atomic mass is 10.5. The van der Waals surface area contributed by atoms with Gasteiger partial charge in [0, 0.05) is 13.8 Å². The Hall–Kier alpha value is -1.72. The Morgan fingerprint density at radius 1 is 1.08 bits per heavy atom. The number of nitrogens with zero attached hydrogens (tertiary/aromatic N) is 2. The number of hydrogen-bond donors (Lipinski definition) is 0. The summed E-state index contributed by atoms with van der Waals surface area (Å²) in [4.78, 5) is 29.0. The molecule has 0 heterocycles. The van der Waals surface area contributed by atoms with Gasteiger partial charge in [0.2, 0.25) is 0 Å². The number of rotatable bonds is 3. The number of hydrogen-bond acceptors (Lipinski definition) is 6. The van der Waals surface area contributed by atoms with Crippen molar-refractivity contribution in [3.63, 3.8) is 0 Å². The third-order valence-corrected chi connectivity index (χ3v) is 0.739. The largest absolute Gasteiger partial charge is 0.331 e. The van der Waals surface area contributed by atoms with E-state index in [2.05, 4.69) is 20.0 Å². The minimum Gasteiger partial charge on any atom is -0.319 e. The first-order chi connectivity index (χ1) is 6.02. The monoisotopic (exact) mass is 186 g/mol. The van der Waals surface area contributed by atoms with Crippen LogP contribution in [-0.2, 0) is 19.3 Å². The van der Waals surface area contributed by atoms with Gasteiger partial charge >= 0.3 is 11.9 Å². The van der Waals surface area contributed by atoms with Crippen molar-refractivity contribution in [3.05, 3.63) is 0 Å². The lowest BCUT2D eigenvalue weighted by Gasteiger charge is -1.91. The van der Waals surface area contributed by atoms with Crippen molar-refractivity contribution in [2.24, 2.45) is 10.3 Å². The van der Waals surface area contributed by atoms with Crippen LogP contribution in [0, 0.1) is 0 Å². The molecule has 0 N–H and O–H groups in total. The summed E-state index contributed by atoms with van der Waals surface area (Å²) in [6.45, 7) is 3.98. The predicted octanol–water partition coefficient (Wildman–Crippen LogP) is 0.474. The van der Waals surface area contributed by atoms with E-state index in [0.717, 1.165) is 6.21 Å². The van der Waals surface area contributed by atoms with Crippen molar-refractivity contribution in [1.29, 1.82) is 0 Å². The molecule has 0 unspecified atom stereocenters. The Morgan fingerprint density at radius 3 is 2.08 bits per heavy atom. The van der Waals surface area contributed by atoms with Crippen molar-refractivity contribution in [3.8, 4) is 0 Å². The normalized spacial score (nSPS) is 11.5. The predicted molar refractivity (Wildman–Crippen MR) is 45.1 cm³/mol. The van der Waals surface area contributed by atoms with Crippen LogP contribution in [0.3, 0.4) is 0 Å². The van der Waals surface area contributed by atoms with Crippen LogP contribution in [0.25, 0.3) is 0 Å². The molecule has 0 radical (unpaired) electrons. The molecule has 6 heteroatoms. The fraction of sp³-hybridized carbons (Fsp3) is 0.429. The molecule has 0 aliphatic carbocycles. The molecule has 0 atom stereocenters. The fourth-order valence-corrected chi connectivity index (χ4v) is 0.337. The van der Waals surface area contributed by atoms with Gasteiger partial charge in [-0.25, -0.2) is 9.59 Å². The van der Waals surface area contributed by atoms with E-state index in [4.69, 9.17) is 0 Å². The SMILES string of the molecule is CC(=O)O/N=C\C(C)=N\OC(C)=O. The van der Waals surface area contributed by atoms with Crippen LogP contribution in [0.15, 0.2) is 10.3 Å². The molecule has 0 fully saturated rings. The molecule has 72 valence electrons. The highest BCUT2D eigenvalue weighted by Crippen LogP contribution is 1.81. The van der Waals surface area contributed by atoms with Gasteiger partial charge in [0.15, 0.2) is 0 Å². The average molecular weight is 186 g/mol. The van der Waals surface area contributed by atoms with Crippen LogP contribution in [0.1, 0.15) is 20.8 Å². The van der Waals surface area contributed by atoms with Crippen LogP contribution in [0.2, 0.25) is 0 Å². The van der Waals surface area contributed by atoms with E-state index in [1.807, 2.05) is 0 Å². The lowest BCUT2D eigenvalue weighted by Crippen LogP contribution is -2.00. The van der Waals surface area contributed by atoms with Gasteiger partial charge in [-0.15, -0.1) is 0 Å². The van der Waals surface area contributed by atoms with E-state index in [1.54, 1.807) is 0 Å². The smallest absolute Gasteiger partial charge is 0.319 e. The molecule has 0 aromatic heterocycles. The van der Waals surface area contributed by atoms with Gasteiger partial charge in [-0.3, -0.25) is 0 Å². The highest BCUT2D eigenvalue weighted by molar-refractivity contribution is 6.29. The van der Waals surface area contributed by atoms with Crippen molar-refractivity contribution < 1.29 is 19.3 Å². The number of carbonyl (C=O) groups is 2. The summed E-state index contributed by atoms with van der Waals surface area (Å²) < 4.78 is 0. The van der Waals surface area contributed by atoms with E-state index in [1.165, 1.54) is 20.8 Å². The van der Waals surface area contributed by atoms with E-state index in [-0.39, 0.29) is 0 Å². The molecule has 0 rings (SSSR count). The number of carbonyl (C=O) groups excluding carboxylic acids is 2. The molecule has 0 bridgehead atoms. The molecule has 0 aliphatic rings. The van der Waals surface area contributed by atoms with Crippen molar-refractivity contribution >= 4 is 23.9 Å². The van der Waals surface area contributed by atoms with E-state index in [0.29, 0.717) is 5.71 Å². The maximum Gasteiger partial charge on any atom is 0.331 e. The summed E-state index contributed by atoms with van der Waals surface area (Å²) in [5.41, 5.74) is 0.316. The Kier molecular flexibility index (Phi) is 5.09. The van der Waals surface area contributed by atoms with Crippen molar-refractivity contribution in [2.75, 3.05) is 0 Å². The molecular weight excluding hydrogens is 176 g/mol. The van der Waals surface area contributed by atoms with Gasteiger partial charge in [-0.1, -0.05) is 10.3 Å². The molecule has 0 aromatic carbocycles. The summed E-state index contributed by atoms with van der Waals surface area (Å²) in [5, 5.41) is 6.60. The number of oxime groups is 2. The second kappa shape index (κ2) is 5.87. The van der Waals surface area contributed by atoms with Gasteiger partial charge in [0.25, 0.3) is 0 Å². The summed E-state index contributed by atoms with van der Waals surface area (Å²) in [6.07, 6.45) is 1.16. The molecule has 0 saturated heterocycles. The standard InChI is InChI=1S/C7H10N2O4/c1-5(9-13-7(3)11)4-8-12-6(2)10/h4H,1-3H3/b8-4-,9-5+. The Balaban J connectivity index is 3.91. The maximum absolute atomic E-state index is 10.3. The first-order valence-electron chi connectivity index (χ1n) is 3.45. The van der Waals surface area contributed by atoms with E-state index >= 15 is 0 Å². The zero-order valence-corrected chi connectivity index (χ0v) is 7.60. The molecule has 0 aromatic rings. The third kappa shape index (κ3) is 8.18. The van der Waals surface area contributed by atoms with Crippen molar-refractivity contribution in [1.82, 2.24) is 0 Å². The zero-order chi connectivity index (χ0) is 10.3. The second-order valence-electron chi connectivity index (χ2n) is 2.13. The van der Waals surface area contributed by atoms with Crippen LogP contribution < -0.4 is 0 Å². The lowest BCUT2D eigenvalue weighted by molar-refractivity contribution is -0.142. The quantitative estimate of drug-likeness (QED) is 0.364. The van der Waals surface area contributed by atoms with Gasteiger partial charge < -0.3 is 9.68 Å². The van der Waals surface area contributed by atoms with Crippen LogP contribution >= 0.6 is 0 Å². The van der Waals surface area contributed by atoms with Crippen molar-refractivity contribution in [2.45, 2.75) is 20.8 Å². The van der Waals surface area contributed by atoms with E-state index < -0.39 is 11.9 Å². The molecule has 0 spiro atoms. The minimum atomic E-state index is -0.531. The second-order valence-corrected chi connectivity index (χ2v) is 2.13. The fourth-order valence-electron chi connectivity index (χ4n) is 0.337. The molecule has 0 amide bonds. The van der Waals surface area contributed by atoms with Crippen LogP contribution in [-0.4, -0.2) is 23.9 Å². The van der Waals surface area contributed by atoms with Crippen LogP contribution in [0.5, 0.6) is 0 Å². The molecular formula is C7H10N2O4. The highest BCUT2D eigenvalue weighted by atomic mass is 16.7. The average Bonchev–Trinajstić information content (AvgIpc) is 2.00. The third-order valence-electron chi connectivity index (χ3n) is 0.739. The molecule has 6 nitrogen and oxygen atoms in total. The van der Waals surface area contributed by atoms with E-state index in [9.17, 15) is 9.59 Å². The van der Waals surface area contributed by atoms with Crippen LogP contribution in [0.4, 0.5) is 0 Å². The van der Waals surface area contributed by atoms with Gasteiger partial charge in [-0.2, -0.15) is 0 Å². The molecule has 0 saturated carbocycles. The summed E-state index contributed by atoms with van der Waals surface area (Å²) in [7, 11) is 0. The van der Waals surface area contributed by atoms with Gasteiger partial charge in [-0.05, 0) is 6.92 Å². The first kappa shape index (κ1) is 11.3. The Bertz CT molecular complexity index is 257. The first-order valence-corrected chi connectivity index (χ1v) is 3.45. The highest BCUT2D eigenvalue weighted by Gasteiger charge is 1.91. The van der Waals surface area contributed by atoms with Gasteiger partial charge in [0.1, 0.15) is 0 Å². The molecule has 0 aliphatic heterocycles. The summed E-state index contributed by atoms with van der Waals surface area (Å²) in [6, 6.07) is 0. The maximum atomic E-state index is 10.3. The summed E-state index contributed by atoms with van der Waals surface area (Å²) in [5.74, 6) is -1.06. The van der Waals surface area contributed by atoms with Gasteiger partial charge in [0.05, 0.1) is 11.9 Å². The molecule has 13 heavy (non-hydrogen) atoms. The topological polar surface area (TPSA) is 77.3 Å². The minimum absolute atomic E-state index is 0.316.